The van der Waals surface area contributed by atoms with Gasteiger partial charge in [0.1, 0.15) is 12.6 Å². The molecule has 0 spiro atoms. The minimum absolute atomic E-state index is 0.0420. The van der Waals surface area contributed by atoms with Crippen LogP contribution in [-0.2, 0) is 26.0 Å². The molecule has 7 nitrogen and oxygen atoms in total. The number of benzene rings is 2. The number of sulfonamides is 1. The summed E-state index contributed by atoms with van der Waals surface area (Å²) in [7, 11) is -3.89. The Morgan fingerprint density at radius 2 is 1.70 bits per heavy atom. The zero-order valence-corrected chi connectivity index (χ0v) is 23.7. The second-order valence-electron chi connectivity index (χ2n) is 9.43. The molecule has 1 aliphatic carbocycles. The molecule has 2 aromatic rings. The third-order valence-corrected chi connectivity index (χ3v) is 8.64. The first kappa shape index (κ1) is 29.3. The van der Waals surface area contributed by atoms with Gasteiger partial charge >= 0.3 is 0 Å². The maximum absolute atomic E-state index is 13.8. The van der Waals surface area contributed by atoms with E-state index < -0.39 is 28.5 Å². The van der Waals surface area contributed by atoms with E-state index in [1.807, 2.05) is 37.3 Å². The van der Waals surface area contributed by atoms with Crippen molar-refractivity contribution in [1.82, 2.24) is 10.2 Å². The van der Waals surface area contributed by atoms with Crippen LogP contribution in [0.15, 0.2) is 48.5 Å². The smallest absolute Gasteiger partial charge is 0.244 e. The van der Waals surface area contributed by atoms with Crippen molar-refractivity contribution in [2.75, 3.05) is 23.7 Å². The minimum Gasteiger partial charge on any atom is -0.352 e. The normalized spacial score (nSPS) is 15.1. The Hall–Kier alpha value is -2.29. The number of carbonyl (C=O) groups excluding carboxylic acids is 2. The van der Waals surface area contributed by atoms with E-state index in [1.165, 1.54) is 17.4 Å². The van der Waals surface area contributed by atoms with Crippen molar-refractivity contribution >= 4 is 50.7 Å². The van der Waals surface area contributed by atoms with Gasteiger partial charge in [-0.3, -0.25) is 13.9 Å². The lowest BCUT2D eigenvalue weighted by Gasteiger charge is -2.34. The first-order valence-electron chi connectivity index (χ1n) is 12.7. The van der Waals surface area contributed by atoms with Crippen molar-refractivity contribution in [2.24, 2.45) is 0 Å². The molecule has 0 aromatic heterocycles. The fourth-order valence-corrected chi connectivity index (χ4v) is 6.02. The molecular weight excluding hydrogens is 533 g/mol. The summed E-state index contributed by atoms with van der Waals surface area (Å²) in [5, 5.41) is 3.35. The lowest BCUT2D eigenvalue weighted by Crippen LogP contribution is -2.54. The number of anilines is 1. The highest BCUT2D eigenvalue weighted by Gasteiger charge is 2.33. The fourth-order valence-electron chi connectivity index (χ4n) is 4.72. The summed E-state index contributed by atoms with van der Waals surface area (Å²) < 4.78 is 26.4. The van der Waals surface area contributed by atoms with E-state index in [0.29, 0.717) is 12.8 Å². The largest absolute Gasteiger partial charge is 0.352 e. The highest BCUT2D eigenvalue weighted by molar-refractivity contribution is 7.92. The van der Waals surface area contributed by atoms with Crippen LogP contribution in [0.2, 0.25) is 10.0 Å². The van der Waals surface area contributed by atoms with E-state index in [0.717, 1.165) is 41.8 Å². The minimum atomic E-state index is -3.89. The van der Waals surface area contributed by atoms with Crippen LogP contribution >= 0.6 is 23.2 Å². The van der Waals surface area contributed by atoms with Gasteiger partial charge in [0.2, 0.25) is 21.8 Å². The van der Waals surface area contributed by atoms with Crippen molar-refractivity contribution in [3.05, 3.63) is 64.1 Å². The van der Waals surface area contributed by atoms with Crippen molar-refractivity contribution in [1.29, 1.82) is 0 Å². The number of hydrogen-bond acceptors (Lipinski definition) is 4. The van der Waals surface area contributed by atoms with Crippen LogP contribution in [0.25, 0.3) is 0 Å². The van der Waals surface area contributed by atoms with Gasteiger partial charge < -0.3 is 10.2 Å². The van der Waals surface area contributed by atoms with Gasteiger partial charge in [-0.25, -0.2) is 8.42 Å². The van der Waals surface area contributed by atoms with Crippen molar-refractivity contribution in [3.63, 3.8) is 0 Å². The summed E-state index contributed by atoms with van der Waals surface area (Å²) in [5.74, 6) is -0.689. The molecule has 1 fully saturated rings. The number of halogens is 2. The van der Waals surface area contributed by atoms with Crippen molar-refractivity contribution in [2.45, 2.75) is 64.0 Å². The van der Waals surface area contributed by atoms with Gasteiger partial charge in [-0.05, 0) is 43.4 Å². The summed E-state index contributed by atoms with van der Waals surface area (Å²) in [5.41, 5.74) is 1.13. The average Bonchev–Trinajstić information content (AvgIpc) is 2.87. The SMILES string of the molecule is CC[C@@H](C(=O)NC1CCCCC1)N(CCc1ccccc1)C(=O)CN(c1cccc(Cl)c1Cl)S(C)(=O)=O. The van der Waals surface area contributed by atoms with E-state index in [1.54, 1.807) is 12.1 Å². The van der Waals surface area contributed by atoms with E-state index >= 15 is 0 Å². The molecule has 2 aromatic carbocycles. The van der Waals surface area contributed by atoms with Crippen LogP contribution in [0.5, 0.6) is 0 Å². The Kier molecular flexibility index (Phi) is 10.7. The quantitative estimate of drug-likeness (QED) is 0.411. The molecule has 37 heavy (non-hydrogen) atoms. The molecular formula is C27H35Cl2N3O4S. The number of amides is 2. The molecule has 2 amide bonds. The van der Waals surface area contributed by atoms with Crippen LogP contribution in [0.4, 0.5) is 5.69 Å². The molecule has 1 N–H and O–H groups in total. The maximum atomic E-state index is 13.8. The molecule has 0 saturated heterocycles. The van der Waals surface area contributed by atoms with Crippen LogP contribution in [0.1, 0.15) is 51.0 Å². The molecule has 0 unspecified atom stereocenters. The Morgan fingerprint density at radius 1 is 1.03 bits per heavy atom. The third kappa shape index (κ3) is 8.09. The molecule has 1 atom stereocenters. The van der Waals surface area contributed by atoms with Crippen molar-refractivity contribution in [3.8, 4) is 0 Å². The number of hydrogen-bond donors (Lipinski definition) is 1. The fraction of sp³-hybridized carbons (Fsp3) is 0.481. The zero-order valence-electron chi connectivity index (χ0n) is 21.3. The van der Waals surface area contributed by atoms with E-state index in [4.69, 9.17) is 23.2 Å². The summed E-state index contributed by atoms with van der Waals surface area (Å²) in [6, 6.07) is 13.7. The van der Waals surface area contributed by atoms with E-state index in [-0.39, 0.29) is 34.2 Å². The standard InChI is InChI=1S/C27H35Cl2N3O4S/c1-3-23(27(34)30-21-13-8-5-9-14-21)31(18-17-20-11-6-4-7-12-20)25(33)19-32(37(2,35)36)24-16-10-15-22(28)26(24)29/h4,6-7,10-12,15-16,21,23H,3,5,8-9,13-14,17-19H2,1-2H3,(H,30,34)/t23-/m0/s1. The molecule has 10 heteroatoms. The zero-order chi connectivity index (χ0) is 27.0. The Bertz CT molecular complexity index is 1170. The number of nitrogens with one attached hydrogen (secondary N) is 1. The Labute approximate surface area is 230 Å². The summed E-state index contributed by atoms with van der Waals surface area (Å²) in [6.07, 6.45) is 7.10. The number of nitrogens with zero attached hydrogens (tertiary/aromatic N) is 2. The molecule has 0 aliphatic heterocycles. The predicted molar refractivity (Wildman–Crippen MR) is 150 cm³/mol. The van der Waals surface area contributed by atoms with Gasteiger partial charge in [-0.15, -0.1) is 0 Å². The summed E-state index contributed by atoms with van der Waals surface area (Å²) >= 11 is 12.4. The second kappa shape index (κ2) is 13.5. The van der Waals surface area contributed by atoms with Crippen LogP contribution in [0.3, 0.4) is 0 Å². The predicted octanol–water partition coefficient (Wildman–Crippen LogP) is 5.06. The number of rotatable bonds is 11. The van der Waals surface area contributed by atoms with Gasteiger partial charge in [0.25, 0.3) is 0 Å². The highest BCUT2D eigenvalue weighted by Crippen LogP contribution is 2.33. The van der Waals surface area contributed by atoms with E-state index in [9.17, 15) is 18.0 Å². The lowest BCUT2D eigenvalue weighted by molar-refractivity contribution is -0.140. The Balaban J connectivity index is 1.89. The van der Waals surface area contributed by atoms with Gasteiger partial charge in [0.05, 0.1) is 22.0 Å². The van der Waals surface area contributed by atoms with Gasteiger partial charge in [-0.1, -0.05) is 85.8 Å². The molecule has 202 valence electrons. The molecule has 3 rings (SSSR count). The summed E-state index contributed by atoms with van der Waals surface area (Å²) in [6.45, 7) is 1.62. The number of carbonyl (C=O) groups is 2. The molecule has 1 aliphatic rings. The second-order valence-corrected chi connectivity index (χ2v) is 12.1. The Morgan fingerprint density at radius 3 is 2.32 bits per heavy atom. The van der Waals surface area contributed by atoms with Gasteiger partial charge in [0.15, 0.2) is 0 Å². The molecule has 0 radical (unpaired) electrons. The van der Waals surface area contributed by atoms with Crippen LogP contribution in [0, 0.1) is 0 Å². The topological polar surface area (TPSA) is 86.8 Å². The summed E-state index contributed by atoms with van der Waals surface area (Å²) in [4.78, 5) is 28.6. The average molecular weight is 569 g/mol. The monoisotopic (exact) mass is 567 g/mol. The highest BCUT2D eigenvalue weighted by atomic mass is 35.5. The van der Waals surface area contributed by atoms with Gasteiger partial charge in [0, 0.05) is 12.6 Å². The van der Waals surface area contributed by atoms with E-state index in [2.05, 4.69) is 5.32 Å². The first-order chi connectivity index (χ1) is 17.6. The molecule has 0 bridgehead atoms. The molecule has 1 saturated carbocycles. The maximum Gasteiger partial charge on any atom is 0.244 e. The van der Waals surface area contributed by atoms with Crippen LogP contribution in [-0.4, -0.2) is 56.6 Å². The molecule has 0 heterocycles. The first-order valence-corrected chi connectivity index (χ1v) is 15.3. The van der Waals surface area contributed by atoms with Crippen molar-refractivity contribution < 1.29 is 18.0 Å². The third-order valence-electron chi connectivity index (χ3n) is 6.70. The lowest BCUT2D eigenvalue weighted by atomic mass is 9.95. The van der Waals surface area contributed by atoms with Crippen LogP contribution < -0.4 is 9.62 Å². The van der Waals surface area contributed by atoms with Gasteiger partial charge in [-0.2, -0.15) is 0 Å².